The number of hydrogen-bond donors (Lipinski definition) is 1. The molecular weight excluding hydrogens is 224 g/mol. The molecule has 17 heavy (non-hydrogen) atoms. The minimum Gasteiger partial charge on any atom is -0.546 e. The summed E-state index contributed by atoms with van der Waals surface area (Å²) < 4.78 is 10.4. The number of carboxylic acids is 1. The third-order valence-electron chi connectivity index (χ3n) is 2.37. The van der Waals surface area contributed by atoms with Crippen LogP contribution in [0.5, 0.6) is 5.75 Å². The average molecular weight is 235 g/mol. The largest absolute Gasteiger partial charge is 0.546 e. The lowest BCUT2D eigenvalue weighted by Crippen LogP contribution is -2.28. The second-order valence-corrected chi connectivity index (χ2v) is 3.53. The van der Waals surface area contributed by atoms with Gasteiger partial charge in [-0.15, -0.1) is 0 Å². The molecule has 1 aromatic heterocycles. The molecule has 0 saturated heterocycles. The van der Waals surface area contributed by atoms with Gasteiger partial charge in [-0.1, -0.05) is 12.1 Å². The molecule has 0 saturated carbocycles. The first-order chi connectivity index (χ1) is 8.22. The van der Waals surface area contributed by atoms with Gasteiger partial charge in [0.2, 0.25) is 0 Å². The number of aliphatic carboxylic acids is 1. The molecule has 2 rings (SSSR count). The Labute approximate surface area is 97.2 Å². The van der Waals surface area contributed by atoms with Crippen LogP contribution in [-0.2, 0) is 11.2 Å². The highest BCUT2D eigenvalue weighted by Gasteiger charge is 2.10. The fourth-order valence-corrected chi connectivity index (χ4v) is 1.65. The van der Waals surface area contributed by atoms with Gasteiger partial charge in [-0.25, -0.2) is 0 Å². The molecule has 0 aliphatic heterocycles. The van der Waals surface area contributed by atoms with Gasteiger partial charge in [0.25, 0.3) is 0 Å². The summed E-state index contributed by atoms with van der Waals surface area (Å²) in [6.07, 6.45) is 2.02. The molecule has 1 heterocycles. The average Bonchev–Trinajstić information content (AvgIpc) is 2.71. The number of aliphatic hydroxyl groups is 1. The van der Waals surface area contributed by atoms with Gasteiger partial charge in [-0.05, 0) is 12.5 Å². The number of furan rings is 1. The highest BCUT2D eigenvalue weighted by Crippen LogP contribution is 2.29. The lowest BCUT2D eigenvalue weighted by atomic mass is 10.1. The first kappa shape index (κ1) is 11.5. The van der Waals surface area contributed by atoms with Crippen LogP contribution >= 0.6 is 0 Å². The van der Waals surface area contributed by atoms with Crippen molar-refractivity contribution in [3.63, 3.8) is 0 Å². The van der Waals surface area contributed by atoms with Gasteiger partial charge < -0.3 is 24.2 Å². The maximum Gasteiger partial charge on any atom is 0.175 e. The van der Waals surface area contributed by atoms with E-state index in [0.29, 0.717) is 17.8 Å². The molecule has 0 atom stereocenters. The van der Waals surface area contributed by atoms with Crippen molar-refractivity contribution in [2.45, 2.75) is 6.42 Å². The number of ether oxygens (including phenoxy) is 1. The van der Waals surface area contributed by atoms with Crippen LogP contribution in [0.3, 0.4) is 0 Å². The van der Waals surface area contributed by atoms with E-state index in [4.69, 9.17) is 14.3 Å². The van der Waals surface area contributed by atoms with Gasteiger partial charge >= 0.3 is 0 Å². The first-order valence-corrected chi connectivity index (χ1v) is 5.15. The summed E-state index contributed by atoms with van der Waals surface area (Å²) >= 11 is 0. The number of hydrogen-bond acceptors (Lipinski definition) is 5. The van der Waals surface area contributed by atoms with Crippen molar-refractivity contribution in [2.24, 2.45) is 0 Å². The fourth-order valence-electron chi connectivity index (χ4n) is 1.65. The van der Waals surface area contributed by atoms with Crippen molar-refractivity contribution in [2.75, 3.05) is 13.2 Å². The van der Waals surface area contributed by atoms with Gasteiger partial charge in [-0.3, -0.25) is 0 Å². The summed E-state index contributed by atoms with van der Waals surface area (Å²) in [5, 5.41) is 20.0. The van der Waals surface area contributed by atoms with Crippen molar-refractivity contribution >= 4 is 16.9 Å². The lowest BCUT2D eigenvalue weighted by Gasteiger charge is -2.06. The molecule has 0 radical (unpaired) electrons. The summed E-state index contributed by atoms with van der Waals surface area (Å²) in [6.45, 7) is -0.492. The number of carboxylic acid groups (broad SMARTS) is 1. The van der Waals surface area contributed by atoms with Gasteiger partial charge in [0.15, 0.2) is 11.3 Å². The van der Waals surface area contributed by atoms with E-state index in [2.05, 4.69) is 0 Å². The summed E-state index contributed by atoms with van der Waals surface area (Å²) in [7, 11) is 0. The minimum absolute atomic E-state index is 0.0266. The topological polar surface area (TPSA) is 82.7 Å². The van der Waals surface area contributed by atoms with Crippen LogP contribution in [0.1, 0.15) is 5.56 Å². The minimum atomic E-state index is -1.29. The summed E-state index contributed by atoms with van der Waals surface area (Å²) in [4.78, 5) is 10.3. The van der Waals surface area contributed by atoms with Gasteiger partial charge in [0, 0.05) is 17.6 Å². The summed E-state index contributed by atoms with van der Waals surface area (Å²) in [5.41, 5.74) is 1.35. The Morgan fingerprint density at radius 3 is 3.00 bits per heavy atom. The van der Waals surface area contributed by atoms with E-state index >= 15 is 0 Å². The fraction of sp³-hybridized carbons (Fsp3) is 0.250. The van der Waals surface area contributed by atoms with E-state index < -0.39 is 12.6 Å². The van der Waals surface area contributed by atoms with Crippen molar-refractivity contribution in [1.82, 2.24) is 0 Å². The maximum absolute atomic E-state index is 10.3. The van der Waals surface area contributed by atoms with Crippen LogP contribution in [0.2, 0.25) is 0 Å². The molecule has 0 aliphatic rings. The van der Waals surface area contributed by atoms with E-state index in [9.17, 15) is 9.90 Å². The lowest BCUT2D eigenvalue weighted by molar-refractivity contribution is -0.307. The molecule has 90 valence electrons. The Balaban J connectivity index is 2.34. The van der Waals surface area contributed by atoms with Crippen molar-refractivity contribution in [1.29, 1.82) is 0 Å². The normalized spacial score (nSPS) is 10.6. The third-order valence-corrected chi connectivity index (χ3v) is 2.37. The zero-order valence-electron chi connectivity index (χ0n) is 9.01. The number of carbonyl (C=O) groups excluding carboxylic acids is 1. The predicted molar refractivity (Wildman–Crippen MR) is 57.5 cm³/mol. The quantitative estimate of drug-likeness (QED) is 0.794. The monoisotopic (exact) mass is 235 g/mol. The maximum atomic E-state index is 10.3. The van der Waals surface area contributed by atoms with Crippen LogP contribution in [0, 0.1) is 0 Å². The predicted octanol–water partition coefficient (Wildman–Crippen LogP) is 0.0963. The number of fused-ring (bicyclic) bond motifs is 1. The van der Waals surface area contributed by atoms with Gasteiger partial charge in [-0.2, -0.15) is 0 Å². The molecule has 0 aliphatic carbocycles. The molecule has 0 bridgehead atoms. The molecule has 5 heteroatoms. The van der Waals surface area contributed by atoms with E-state index in [1.807, 2.05) is 6.07 Å². The standard InChI is InChI=1S/C12H12O5/c13-5-4-8-6-17-12-9(8)2-1-3-10(12)16-7-11(14)15/h1-3,6,13H,4-5,7H2,(H,14,15)/p-1. The zero-order chi connectivity index (χ0) is 12.3. The molecule has 0 spiro atoms. The molecule has 1 N–H and O–H groups in total. The summed E-state index contributed by atoms with van der Waals surface area (Å²) in [5.74, 6) is -0.931. The smallest absolute Gasteiger partial charge is 0.175 e. The highest BCUT2D eigenvalue weighted by molar-refractivity contribution is 5.86. The molecule has 2 aromatic rings. The molecule has 0 amide bonds. The second kappa shape index (κ2) is 4.88. The summed E-state index contributed by atoms with van der Waals surface area (Å²) in [6, 6.07) is 5.19. The van der Waals surface area contributed by atoms with E-state index in [1.165, 1.54) is 6.26 Å². The highest BCUT2D eigenvalue weighted by atomic mass is 16.5. The number of para-hydroxylation sites is 1. The van der Waals surface area contributed by atoms with Crippen LogP contribution in [0.4, 0.5) is 0 Å². The Hall–Kier alpha value is -2.01. The SMILES string of the molecule is O=C([O-])COc1cccc2c(CCO)coc12. The van der Waals surface area contributed by atoms with Crippen LogP contribution in [-0.4, -0.2) is 24.3 Å². The number of benzene rings is 1. The van der Waals surface area contributed by atoms with Crippen molar-refractivity contribution in [3.05, 3.63) is 30.0 Å². The van der Waals surface area contributed by atoms with Gasteiger partial charge in [0.1, 0.15) is 6.61 Å². The van der Waals surface area contributed by atoms with Gasteiger partial charge in [0.05, 0.1) is 12.2 Å². The first-order valence-electron chi connectivity index (χ1n) is 5.15. The second-order valence-electron chi connectivity index (χ2n) is 3.53. The third kappa shape index (κ3) is 2.39. The number of carbonyl (C=O) groups is 1. The van der Waals surface area contributed by atoms with Crippen molar-refractivity contribution < 1.29 is 24.2 Å². The van der Waals surface area contributed by atoms with Crippen molar-refractivity contribution in [3.8, 4) is 5.75 Å². The molecule has 5 nitrogen and oxygen atoms in total. The van der Waals surface area contributed by atoms with E-state index in [-0.39, 0.29) is 6.61 Å². The molecule has 0 unspecified atom stereocenters. The number of aliphatic hydroxyl groups excluding tert-OH is 1. The van der Waals surface area contributed by atoms with E-state index in [1.54, 1.807) is 12.1 Å². The Morgan fingerprint density at radius 1 is 1.47 bits per heavy atom. The molecule has 0 fully saturated rings. The zero-order valence-corrected chi connectivity index (χ0v) is 9.01. The Bertz CT molecular complexity index is 529. The van der Waals surface area contributed by atoms with Crippen LogP contribution in [0.25, 0.3) is 11.0 Å². The molecule has 1 aromatic carbocycles. The Kier molecular flexibility index (Phi) is 3.30. The van der Waals surface area contributed by atoms with Crippen LogP contribution < -0.4 is 9.84 Å². The van der Waals surface area contributed by atoms with Crippen LogP contribution in [0.15, 0.2) is 28.9 Å². The molecular formula is C12H11O5-. The Morgan fingerprint density at radius 2 is 2.29 bits per heavy atom. The number of rotatable bonds is 5. The van der Waals surface area contributed by atoms with E-state index in [0.717, 1.165) is 10.9 Å².